The maximum atomic E-state index is 10.2. The molecule has 0 aromatic heterocycles. The van der Waals surface area contributed by atoms with Crippen molar-refractivity contribution in [2.24, 2.45) is 5.90 Å². The van der Waals surface area contributed by atoms with E-state index in [0.717, 1.165) is 0 Å². The van der Waals surface area contributed by atoms with E-state index in [0.29, 0.717) is 13.0 Å². The molecule has 1 rings (SSSR count). The molecule has 0 spiro atoms. The van der Waals surface area contributed by atoms with Gasteiger partial charge in [-0.1, -0.05) is 0 Å². The summed E-state index contributed by atoms with van der Waals surface area (Å²) in [5.41, 5.74) is 0. The summed E-state index contributed by atoms with van der Waals surface area (Å²) >= 11 is 0. The first-order valence-electron chi connectivity index (χ1n) is 2.44. The number of hydrogen-bond donors (Lipinski definition) is 2. The lowest BCUT2D eigenvalue weighted by Crippen LogP contribution is -2.51. The first-order valence-corrected chi connectivity index (χ1v) is 2.44. The Hall–Kier alpha value is -0.610. The highest BCUT2D eigenvalue weighted by atomic mass is 16.6. The first-order chi connectivity index (χ1) is 3.83. The standard InChI is InChI=1S/C4H8N2O2/c5-8-2-3-1-4(7)6-3/h3H,1-2,5H2,(H,6,7). The minimum atomic E-state index is 0.0760. The molecule has 0 saturated carbocycles. The Morgan fingerprint density at radius 3 is 3.00 bits per heavy atom. The lowest BCUT2D eigenvalue weighted by Gasteiger charge is -2.25. The molecule has 0 aromatic rings. The fourth-order valence-corrected chi connectivity index (χ4v) is 0.647. The lowest BCUT2D eigenvalue weighted by molar-refractivity contribution is -0.129. The van der Waals surface area contributed by atoms with Crippen LogP contribution in [0.2, 0.25) is 0 Å². The number of β-lactam (4-membered cyclic amide) rings is 1. The highest BCUT2D eigenvalue weighted by molar-refractivity contribution is 5.82. The molecule has 0 radical (unpaired) electrons. The van der Waals surface area contributed by atoms with Gasteiger partial charge in [-0.05, 0) is 0 Å². The van der Waals surface area contributed by atoms with Crippen LogP contribution < -0.4 is 11.2 Å². The van der Waals surface area contributed by atoms with Crippen molar-refractivity contribution in [3.8, 4) is 0 Å². The van der Waals surface area contributed by atoms with Crippen LogP contribution in [0.3, 0.4) is 0 Å². The van der Waals surface area contributed by atoms with Gasteiger partial charge < -0.3 is 10.2 Å². The Morgan fingerprint density at radius 1 is 2.00 bits per heavy atom. The quantitative estimate of drug-likeness (QED) is 0.350. The van der Waals surface area contributed by atoms with E-state index in [1.54, 1.807) is 0 Å². The molecule has 1 fully saturated rings. The van der Waals surface area contributed by atoms with E-state index < -0.39 is 0 Å². The lowest BCUT2D eigenvalue weighted by atomic mass is 10.1. The van der Waals surface area contributed by atoms with Crippen LogP contribution in [0.5, 0.6) is 0 Å². The molecule has 1 unspecified atom stereocenters. The minimum Gasteiger partial charge on any atom is -0.350 e. The SMILES string of the molecule is NOCC1CC(=O)N1. The van der Waals surface area contributed by atoms with E-state index in [9.17, 15) is 4.79 Å². The van der Waals surface area contributed by atoms with Gasteiger partial charge in [0.2, 0.25) is 5.91 Å². The molecule has 1 aliphatic rings. The number of hydrogen-bond acceptors (Lipinski definition) is 3. The third-order valence-electron chi connectivity index (χ3n) is 1.09. The van der Waals surface area contributed by atoms with Crippen molar-refractivity contribution in [2.75, 3.05) is 6.61 Å². The summed E-state index contributed by atoms with van der Waals surface area (Å²) in [5, 5.41) is 2.60. The maximum absolute atomic E-state index is 10.2. The largest absolute Gasteiger partial charge is 0.350 e. The number of rotatable bonds is 2. The van der Waals surface area contributed by atoms with Gasteiger partial charge in [0, 0.05) is 6.42 Å². The molecule has 1 atom stereocenters. The van der Waals surface area contributed by atoms with Gasteiger partial charge in [-0.15, -0.1) is 0 Å². The summed E-state index contributed by atoms with van der Waals surface area (Å²) in [6.45, 7) is 0.422. The van der Waals surface area contributed by atoms with E-state index in [2.05, 4.69) is 10.2 Å². The molecule has 0 aromatic carbocycles. The number of carbonyl (C=O) groups excluding carboxylic acids is 1. The normalized spacial score (nSPS) is 26.6. The molecule has 0 bridgehead atoms. The highest BCUT2D eigenvalue weighted by Gasteiger charge is 2.24. The second-order valence-electron chi connectivity index (χ2n) is 1.80. The van der Waals surface area contributed by atoms with Crippen LogP contribution in [-0.4, -0.2) is 18.6 Å². The molecule has 3 N–H and O–H groups in total. The number of nitrogens with one attached hydrogen (secondary N) is 1. The first kappa shape index (κ1) is 5.53. The number of amides is 1. The monoisotopic (exact) mass is 116 g/mol. The van der Waals surface area contributed by atoms with Crippen LogP contribution in [0, 0.1) is 0 Å². The summed E-state index contributed by atoms with van der Waals surface area (Å²) in [4.78, 5) is 14.5. The second-order valence-corrected chi connectivity index (χ2v) is 1.80. The minimum absolute atomic E-state index is 0.0760. The van der Waals surface area contributed by atoms with Gasteiger partial charge in [0.25, 0.3) is 0 Å². The van der Waals surface area contributed by atoms with Crippen LogP contribution in [0.1, 0.15) is 6.42 Å². The fourth-order valence-electron chi connectivity index (χ4n) is 0.647. The third kappa shape index (κ3) is 0.962. The molecular weight excluding hydrogens is 108 g/mol. The van der Waals surface area contributed by atoms with Gasteiger partial charge in [0.1, 0.15) is 0 Å². The molecule has 46 valence electrons. The zero-order chi connectivity index (χ0) is 5.98. The predicted molar refractivity (Wildman–Crippen MR) is 26.7 cm³/mol. The van der Waals surface area contributed by atoms with Crippen molar-refractivity contribution in [3.05, 3.63) is 0 Å². The molecule has 4 nitrogen and oxygen atoms in total. The van der Waals surface area contributed by atoms with E-state index >= 15 is 0 Å². The van der Waals surface area contributed by atoms with Gasteiger partial charge in [-0.2, -0.15) is 0 Å². The Labute approximate surface area is 46.9 Å². The Bertz CT molecular complexity index is 96.2. The van der Waals surface area contributed by atoms with Crippen LogP contribution in [0.25, 0.3) is 0 Å². The van der Waals surface area contributed by atoms with E-state index in [-0.39, 0.29) is 11.9 Å². The van der Waals surface area contributed by atoms with E-state index in [1.165, 1.54) is 0 Å². The molecule has 1 heterocycles. The molecule has 1 amide bonds. The van der Waals surface area contributed by atoms with E-state index in [1.807, 2.05) is 0 Å². The summed E-state index contributed by atoms with van der Waals surface area (Å²) in [5.74, 6) is 4.81. The van der Waals surface area contributed by atoms with Gasteiger partial charge in [0.15, 0.2) is 0 Å². The van der Waals surface area contributed by atoms with Crippen molar-refractivity contribution in [3.63, 3.8) is 0 Å². The van der Waals surface area contributed by atoms with Crippen LogP contribution >= 0.6 is 0 Å². The molecular formula is C4H8N2O2. The topological polar surface area (TPSA) is 64.3 Å². The van der Waals surface area contributed by atoms with Gasteiger partial charge in [-0.25, -0.2) is 5.90 Å². The summed E-state index contributed by atoms with van der Waals surface area (Å²) in [6, 6.07) is 0.160. The van der Waals surface area contributed by atoms with Crippen molar-refractivity contribution in [1.29, 1.82) is 0 Å². The Morgan fingerprint density at radius 2 is 2.62 bits per heavy atom. The van der Waals surface area contributed by atoms with Crippen molar-refractivity contribution >= 4 is 5.91 Å². The summed E-state index contributed by atoms with van der Waals surface area (Å²) in [6.07, 6.45) is 0.553. The highest BCUT2D eigenvalue weighted by Crippen LogP contribution is 2.01. The molecule has 8 heavy (non-hydrogen) atoms. The zero-order valence-corrected chi connectivity index (χ0v) is 4.39. The van der Waals surface area contributed by atoms with Crippen molar-refractivity contribution < 1.29 is 9.63 Å². The van der Waals surface area contributed by atoms with Crippen LogP contribution in [-0.2, 0) is 9.63 Å². The average Bonchev–Trinajstić information content (AvgIpc) is 1.64. The molecule has 0 aliphatic carbocycles. The van der Waals surface area contributed by atoms with E-state index in [4.69, 9.17) is 5.90 Å². The smallest absolute Gasteiger partial charge is 0.222 e. The number of nitrogens with two attached hydrogens (primary N) is 1. The third-order valence-corrected chi connectivity index (χ3v) is 1.09. The predicted octanol–water partition coefficient (Wildman–Crippen LogP) is -1.23. The molecule has 1 saturated heterocycles. The van der Waals surface area contributed by atoms with Crippen LogP contribution in [0.15, 0.2) is 0 Å². The van der Waals surface area contributed by atoms with Gasteiger partial charge >= 0.3 is 0 Å². The summed E-state index contributed by atoms with van der Waals surface area (Å²) in [7, 11) is 0. The van der Waals surface area contributed by atoms with Gasteiger partial charge in [-0.3, -0.25) is 4.79 Å². The molecule has 1 aliphatic heterocycles. The molecule has 4 heteroatoms. The second kappa shape index (κ2) is 2.11. The summed E-state index contributed by atoms with van der Waals surface area (Å²) < 4.78 is 0. The van der Waals surface area contributed by atoms with Crippen molar-refractivity contribution in [2.45, 2.75) is 12.5 Å². The van der Waals surface area contributed by atoms with Crippen molar-refractivity contribution in [1.82, 2.24) is 5.32 Å². The van der Waals surface area contributed by atoms with Gasteiger partial charge in [0.05, 0.1) is 12.6 Å². The Balaban J connectivity index is 2.06. The maximum Gasteiger partial charge on any atom is 0.222 e. The zero-order valence-electron chi connectivity index (χ0n) is 4.39. The Kier molecular flexibility index (Phi) is 1.45. The van der Waals surface area contributed by atoms with Crippen LogP contribution in [0.4, 0.5) is 0 Å². The number of carbonyl (C=O) groups is 1. The average molecular weight is 116 g/mol. The fraction of sp³-hybridized carbons (Fsp3) is 0.750.